The Kier molecular flexibility index (Phi) is 2.64. The Morgan fingerprint density at radius 2 is 1.81 bits per heavy atom. The van der Waals surface area contributed by atoms with Gasteiger partial charge in [-0.3, -0.25) is 0 Å². The molecule has 2 aromatic rings. The molecule has 0 aromatic heterocycles. The fourth-order valence-electron chi connectivity index (χ4n) is 1.72. The van der Waals surface area contributed by atoms with Crippen LogP contribution in [0.1, 0.15) is 11.6 Å². The Bertz CT molecular complexity index is 545. The molecule has 0 saturated heterocycles. The van der Waals surface area contributed by atoms with Crippen LogP contribution in [0.2, 0.25) is 0 Å². The maximum absolute atomic E-state index is 10.9. The molecule has 4 nitrogen and oxygen atoms in total. The van der Waals surface area contributed by atoms with E-state index in [9.17, 15) is 9.70 Å². The lowest BCUT2D eigenvalue weighted by Crippen LogP contribution is -2.08. The number of nitroso groups, excluding NO2 is 1. The van der Waals surface area contributed by atoms with Gasteiger partial charge in [0.05, 0.1) is 0 Å². The molecule has 0 radical (unpaired) electrons. The van der Waals surface area contributed by atoms with E-state index in [1.165, 1.54) is 0 Å². The van der Waals surface area contributed by atoms with Crippen molar-refractivity contribution in [1.29, 1.82) is 0 Å². The zero-order valence-corrected chi connectivity index (χ0v) is 8.33. The van der Waals surface area contributed by atoms with Crippen molar-refractivity contribution in [3.05, 3.63) is 52.9 Å². The molecule has 0 aliphatic carbocycles. The van der Waals surface area contributed by atoms with E-state index in [0.717, 1.165) is 10.8 Å². The van der Waals surface area contributed by atoms with Crippen LogP contribution in [0.4, 0.5) is 0 Å². The average Bonchev–Trinajstić information content (AvgIpc) is 2.30. The van der Waals surface area contributed by atoms with Gasteiger partial charge in [-0.1, -0.05) is 42.5 Å². The third-order valence-corrected chi connectivity index (χ3v) is 2.46. The number of carboxylic acid groups (broad SMARTS) is 1. The molecule has 1 unspecified atom stereocenters. The Balaban J connectivity index is 2.68. The fourth-order valence-corrected chi connectivity index (χ4v) is 1.72. The highest BCUT2D eigenvalue weighted by atomic mass is 16.4. The van der Waals surface area contributed by atoms with Crippen molar-refractivity contribution in [2.45, 2.75) is 6.04 Å². The van der Waals surface area contributed by atoms with Gasteiger partial charge in [0.15, 0.2) is 0 Å². The summed E-state index contributed by atoms with van der Waals surface area (Å²) in [5, 5.41) is 13.2. The third kappa shape index (κ3) is 1.65. The second kappa shape index (κ2) is 4.10. The lowest BCUT2D eigenvalue weighted by Gasteiger charge is -2.08. The van der Waals surface area contributed by atoms with Crippen LogP contribution < -0.4 is 0 Å². The van der Waals surface area contributed by atoms with Gasteiger partial charge in [0, 0.05) is 0 Å². The second-order valence-corrected chi connectivity index (χ2v) is 3.41. The van der Waals surface area contributed by atoms with Gasteiger partial charge in [0.2, 0.25) is 6.04 Å². The van der Waals surface area contributed by atoms with Crippen LogP contribution in [0.3, 0.4) is 0 Å². The first-order chi connectivity index (χ1) is 7.74. The zero-order chi connectivity index (χ0) is 11.5. The lowest BCUT2D eigenvalue weighted by molar-refractivity contribution is -0.138. The lowest BCUT2D eigenvalue weighted by atomic mass is 9.99. The summed E-state index contributed by atoms with van der Waals surface area (Å²) in [6.45, 7) is 0. The molecule has 0 spiro atoms. The molecule has 1 N–H and O–H groups in total. The largest absolute Gasteiger partial charge is 0.479 e. The van der Waals surface area contributed by atoms with E-state index in [0.29, 0.717) is 5.56 Å². The number of rotatable bonds is 3. The van der Waals surface area contributed by atoms with Gasteiger partial charge in [-0.15, -0.1) is 4.91 Å². The van der Waals surface area contributed by atoms with Gasteiger partial charge in [-0.2, -0.15) is 0 Å². The SMILES string of the molecule is O=NC(C(=O)O)c1cccc2ccccc12. The van der Waals surface area contributed by atoms with E-state index in [2.05, 4.69) is 5.18 Å². The van der Waals surface area contributed by atoms with Crippen LogP contribution >= 0.6 is 0 Å². The molecular formula is C12H9NO3. The predicted octanol–water partition coefficient (Wildman–Crippen LogP) is 2.73. The highest BCUT2D eigenvalue weighted by Gasteiger charge is 2.22. The van der Waals surface area contributed by atoms with Crippen molar-refractivity contribution in [3.63, 3.8) is 0 Å². The number of hydrogen-bond acceptors (Lipinski definition) is 3. The molecule has 0 heterocycles. The molecule has 4 heteroatoms. The van der Waals surface area contributed by atoms with Crippen LogP contribution in [0.5, 0.6) is 0 Å². The van der Waals surface area contributed by atoms with Gasteiger partial charge in [-0.05, 0) is 21.5 Å². The first-order valence-electron chi connectivity index (χ1n) is 4.77. The first kappa shape index (κ1) is 10.3. The van der Waals surface area contributed by atoms with E-state index in [1.54, 1.807) is 24.3 Å². The van der Waals surface area contributed by atoms with E-state index in [-0.39, 0.29) is 0 Å². The molecule has 2 aromatic carbocycles. The Hall–Kier alpha value is -2.23. The maximum Gasteiger partial charge on any atom is 0.336 e. The number of hydrogen-bond donors (Lipinski definition) is 1. The van der Waals surface area contributed by atoms with Gasteiger partial charge >= 0.3 is 5.97 Å². The molecular weight excluding hydrogens is 206 g/mol. The number of fused-ring (bicyclic) bond motifs is 1. The standard InChI is InChI=1S/C12H9NO3/c14-12(15)11(13-16)10-7-3-5-8-4-1-2-6-9(8)10/h1-7,11H,(H,14,15). The number of carbonyl (C=O) groups is 1. The van der Waals surface area contributed by atoms with Crippen LogP contribution in [0.25, 0.3) is 10.8 Å². The molecule has 0 fully saturated rings. The highest BCUT2D eigenvalue weighted by Crippen LogP contribution is 2.26. The van der Waals surface area contributed by atoms with E-state index >= 15 is 0 Å². The summed E-state index contributed by atoms with van der Waals surface area (Å²) in [7, 11) is 0. The Labute approximate surface area is 91.5 Å². The van der Waals surface area contributed by atoms with Crippen molar-refractivity contribution in [1.82, 2.24) is 0 Å². The van der Waals surface area contributed by atoms with Crippen molar-refractivity contribution >= 4 is 16.7 Å². The number of carboxylic acids is 1. The summed E-state index contributed by atoms with van der Waals surface area (Å²) < 4.78 is 0. The molecule has 0 amide bonds. The normalized spacial score (nSPS) is 12.2. The number of aliphatic carboxylic acids is 1. The van der Waals surface area contributed by atoms with Crippen molar-refractivity contribution < 1.29 is 9.90 Å². The van der Waals surface area contributed by atoms with Gasteiger partial charge < -0.3 is 5.11 Å². The topological polar surface area (TPSA) is 66.7 Å². The second-order valence-electron chi connectivity index (χ2n) is 3.41. The summed E-state index contributed by atoms with van der Waals surface area (Å²) in [4.78, 5) is 21.4. The molecule has 1 atom stereocenters. The first-order valence-corrected chi connectivity index (χ1v) is 4.77. The monoisotopic (exact) mass is 215 g/mol. The predicted molar refractivity (Wildman–Crippen MR) is 60.1 cm³/mol. The summed E-state index contributed by atoms with van der Waals surface area (Å²) in [5.41, 5.74) is 0.431. The minimum Gasteiger partial charge on any atom is -0.479 e. The van der Waals surface area contributed by atoms with Crippen molar-refractivity contribution in [2.75, 3.05) is 0 Å². The molecule has 0 bridgehead atoms. The third-order valence-electron chi connectivity index (χ3n) is 2.46. The van der Waals surface area contributed by atoms with Crippen LogP contribution in [-0.4, -0.2) is 11.1 Å². The Morgan fingerprint density at radius 3 is 2.50 bits per heavy atom. The van der Waals surface area contributed by atoms with Crippen LogP contribution in [0, 0.1) is 4.91 Å². The maximum atomic E-state index is 10.9. The highest BCUT2D eigenvalue weighted by molar-refractivity contribution is 5.90. The fraction of sp³-hybridized carbons (Fsp3) is 0.0833. The van der Waals surface area contributed by atoms with Crippen molar-refractivity contribution in [2.24, 2.45) is 5.18 Å². The summed E-state index contributed by atoms with van der Waals surface area (Å²) in [6, 6.07) is 11.2. The summed E-state index contributed by atoms with van der Waals surface area (Å²) in [5.74, 6) is -1.23. The molecule has 0 saturated carbocycles. The van der Waals surface area contributed by atoms with Crippen molar-refractivity contribution in [3.8, 4) is 0 Å². The van der Waals surface area contributed by atoms with Crippen LogP contribution in [-0.2, 0) is 4.79 Å². The average molecular weight is 215 g/mol. The van der Waals surface area contributed by atoms with E-state index in [1.807, 2.05) is 18.2 Å². The molecule has 0 aliphatic heterocycles. The van der Waals surface area contributed by atoms with Gasteiger partial charge in [0.1, 0.15) is 0 Å². The molecule has 0 aliphatic rings. The summed E-state index contributed by atoms with van der Waals surface area (Å²) in [6.07, 6.45) is 0. The Morgan fingerprint density at radius 1 is 1.12 bits per heavy atom. The summed E-state index contributed by atoms with van der Waals surface area (Å²) >= 11 is 0. The quantitative estimate of drug-likeness (QED) is 0.800. The minimum absolute atomic E-state index is 0.431. The molecule has 2 rings (SSSR count). The number of nitrogens with zero attached hydrogens (tertiary/aromatic N) is 1. The molecule has 16 heavy (non-hydrogen) atoms. The van der Waals surface area contributed by atoms with Gasteiger partial charge in [-0.25, -0.2) is 4.79 Å². The number of benzene rings is 2. The smallest absolute Gasteiger partial charge is 0.336 e. The zero-order valence-electron chi connectivity index (χ0n) is 8.33. The van der Waals surface area contributed by atoms with E-state index < -0.39 is 12.0 Å². The minimum atomic E-state index is -1.34. The van der Waals surface area contributed by atoms with Gasteiger partial charge in [0.25, 0.3) is 0 Å². The molecule has 80 valence electrons. The van der Waals surface area contributed by atoms with Crippen LogP contribution in [0.15, 0.2) is 47.6 Å². The van der Waals surface area contributed by atoms with E-state index in [4.69, 9.17) is 5.11 Å².